The molecular weight excluding hydrogens is 419 g/mol. The standard InChI is InChI=1S/C22H21FN4O5/c1-12(14-7-8-15(16(23)9-14)13-5-3-2-4-6-13)17-10-19(32-27-17)26-22(24)25-18(21(30)31)11-20(28)29/h2-10,12,18H,11H2,1H3,(H,28,29)(H,30,31)(H3,24,25,26). The van der Waals surface area contributed by atoms with Gasteiger partial charge in [0.15, 0.2) is 5.96 Å². The third kappa shape index (κ3) is 5.48. The van der Waals surface area contributed by atoms with Gasteiger partial charge in [-0.05, 0) is 17.2 Å². The van der Waals surface area contributed by atoms with Crippen LogP contribution in [0.1, 0.15) is 30.5 Å². The van der Waals surface area contributed by atoms with E-state index in [1.165, 1.54) is 12.1 Å². The Balaban J connectivity index is 1.74. The SMILES string of the molecule is CC(c1ccc(-c2ccccc2)c(F)c1)c1cc(N=C(N)NC(CC(=O)O)C(=O)O)on1. The van der Waals surface area contributed by atoms with E-state index in [1.807, 2.05) is 37.3 Å². The van der Waals surface area contributed by atoms with Crippen molar-refractivity contribution in [1.82, 2.24) is 10.5 Å². The van der Waals surface area contributed by atoms with Crippen molar-refractivity contribution in [2.24, 2.45) is 10.7 Å². The summed E-state index contributed by atoms with van der Waals surface area (Å²) in [7, 11) is 0. The highest BCUT2D eigenvalue weighted by atomic mass is 19.1. The van der Waals surface area contributed by atoms with Crippen molar-refractivity contribution in [3.63, 3.8) is 0 Å². The fraction of sp³-hybridized carbons (Fsp3) is 0.182. The Morgan fingerprint density at radius 2 is 1.91 bits per heavy atom. The first kappa shape index (κ1) is 22.5. The first-order valence-corrected chi connectivity index (χ1v) is 9.61. The molecule has 9 nitrogen and oxygen atoms in total. The van der Waals surface area contributed by atoms with Crippen LogP contribution >= 0.6 is 0 Å². The average molecular weight is 440 g/mol. The molecule has 1 heterocycles. The summed E-state index contributed by atoms with van der Waals surface area (Å²) in [6, 6.07) is 14.1. The van der Waals surface area contributed by atoms with Crippen LogP contribution in [-0.2, 0) is 9.59 Å². The van der Waals surface area contributed by atoms with Crippen LogP contribution < -0.4 is 11.1 Å². The van der Waals surface area contributed by atoms with Gasteiger partial charge in [-0.3, -0.25) is 4.79 Å². The molecule has 0 fully saturated rings. The van der Waals surface area contributed by atoms with Gasteiger partial charge in [0.05, 0.1) is 12.1 Å². The third-order valence-corrected chi connectivity index (χ3v) is 4.77. The monoisotopic (exact) mass is 440 g/mol. The number of halogens is 1. The van der Waals surface area contributed by atoms with Crippen LogP contribution in [0.25, 0.3) is 11.1 Å². The number of carbonyl (C=O) groups is 2. The molecule has 0 aliphatic carbocycles. The van der Waals surface area contributed by atoms with E-state index in [-0.39, 0.29) is 23.6 Å². The minimum absolute atomic E-state index is 0.0160. The molecule has 32 heavy (non-hydrogen) atoms. The maximum Gasteiger partial charge on any atom is 0.326 e. The largest absolute Gasteiger partial charge is 0.481 e. The second-order valence-electron chi connectivity index (χ2n) is 7.05. The zero-order chi connectivity index (χ0) is 23.3. The lowest BCUT2D eigenvalue weighted by atomic mass is 9.95. The van der Waals surface area contributed by atoms with Gasteiger partial charge >= 0.3 is 11.9 Å². The molecule has 2 aromatic carbocycles. The first-order valence-electron chi connectivity index (χ1n) is 9.61. The summed E-state index contributed by atoms with van der Waals surface area (Å²) in [5, 5.41) is 24.0. The molecule has 3 rings (SSSR count). The Morgan fingerprint density at radius 3 is 2.53 bits per heavy atom. The van der Waals surface area contributed by atoms with Crippen molar-refractivity contribution >= 4 is 23.8 Å². The van der Waals surface area contributed by atoms with E-state index in [9.17, 15) is 14.0 Å². The fourth-order valence-electron chi connectivity index (χ4n) is 3.06. The van der Waals surface area contributed by atoms with E-state index in [4.69, 9.17) is 20.5 Å². The number of carboxylic acids is 2. The number of nitrogens with two attached hydrogens (primary N) is 1. The van der Waals surface area contributed by atoms with Crippen molar-refractivity contribution < 1.29 is 28.7 Å². The number of hydrogen-bond donors (Lipinski definition) is 4. The smallest absolute Gasteiger partial charge is 0.326 e. The molecule has 0 aliphatic rings. The Labute approximate surface area is 182 Å². The molecule has 3 aromatic rings. The minimum Gasteiger partial charge on any atom is -0.481 e. The molecule has 5 N–H and O–H groups in total. The zero-order valence-electron chi connectivity index (χ0n) is 17.0. The first-order chi connectivity index (χ1) is 15.2. The quantitative estimate of drug-likeness (QED) is 0.308. The number of nitrogens with one attached hydrogen (secondary N) is 1. The lowest BCUT2D eigenvalue weighted by Crippen LogP contribution is -2.45. The average Bonchev–Trinajstić information content (AvgIpc) is 3.21. The minimum atomic E-state index is -1.45. The van der Waals surface area contributed by atoms with Gasteiger partial charge in [0.1, 0.15) is 11.9 Å². The molecule has 10 heteroatoms. The fourth-order valence-corrected chi connectivity index (χ4v) is 3.06. The predicted molar refractivity (Wildman–Crippen MR) is 114 cm³/mol. The number of hydrogen-bond acceptors (Lipinski definition) is 5. The van der Waals surface area contributed by atoms with Gasteiger partial charge < -0.3 is 25.8 Å². The topological polar surface area (TPSA) is 151 Å². The summed E-state index contributed by atoms with van der Waals surface area (Å²) in [6.07, 6.45) is -0.686. The Kier molecular flexibility index (Phi) is 6.83. The number of guanidine groups is 1. The van der Waals surface area contributed by atoms with Crippen LogP contribution in [-0.4, -0.2) is 39.3 Å². The van der Waals surface area contributed by atoms with Gasteiger partial charge in [-0.1, -0.05) is 54.5 Å². The Morgan fingerprint density at radius 1 is 1.19 bits per heavy atom. The number of aromatic nitrogens is 1. The number of carboxylic acid groups (broad SMARTS) is 2. The number of nitrogens with zero attached hydrogens (tertiary/aromatic N) is 2. The molecule has 0 bridgehead atoms. The van der Waals surface area contributed by atoms with Crippen molar-refractivity contribution in [3.8, 4) is 11.1 Å². The molecule has 2 atom stereocenters. The van der Waals surface area contributed by atoms with Crippen LogP contribution in [0, 0.1) is 5.82 Å². The summed E-state index contributed by atoms with van der Waals surface area (Å²) in [4.78, 5) is 25.7. The molecule has 166 valence electrons. The predicted octanol–water partition coefficient (Wildman–Crippen LogP) is 3.10. The maximum absolute atomic E-state index is 14.7. The second kappa shape index (κ2) is 9.73. The lowest BCUT2D eigenvalue weighted by molar-refractivity contribution is -0.145. The Hall–Kier alpha value is -4.21. The highest BCUT2D eigenvalue weighted by Gasteiger charge is 2.22. The van der Waals surface area contributed by atoms with Gasteiger partial charge in [0, 0.05) is 17.5 Å². The van der Waals surface area contributed by atoms with Gasteiger partial charge in [0.2, 0.25) is 0 Å². The summed E-state index contributed by atoms with van der Waals surface area (Å²) in [6.45, 7) is 1.82. The van der Waals surface area contributed by atoms with Gasteiger partial charge in [-0.15, -0.1) is 0 Å². The van der Waals surface area contributed by atoms with Crippen LogP contribution in [0.2, 0.25) is 0 Å². The number of aliphatic carboxylic acids is 2. The highest BCUT2D eigenvalue weighted by molar-refractivity contribution is 5.88. The summed E-state index contributed by atoms with van der Waals surface area (Å²) < 4.78 is 19.8. The molecule has 1 aromatic heterocycles. The van der Waals surface area contributed by atoms with Gasteiger partial charge in [-0.2, -0.15) is 4.99 Å². The summed E-state index contributed by atoms with van der Waals surface area (Å²) >= 11 is 0. The van der Waals surface area contributed by atoms with E-state index in [0.717, 1.165) is 5.56 Å². The van der Waals surface area contributed by atoms with E-state index in [1.54, 1.807) is 12.1 Å². The van der Waals surface area contributed by atoms with Crippen LogP contribution in [0.4, 0.5) is 10.3 Å². The van der Waals surface area contributed by atoms with E-state index in [0.29, 0.717) is 16.8 Å². The number of rotatable bonds is 8. The highest BCUT2D eigenvalue weighted by Crippen LogP contribution is 2.30. The molecule has 0 saturated heterocycles. The van der Waals surface area contributed by atoms with Crippen molar-refractivity contribution in [1.29, 1.82) is 0 Å². The molecule has 0 amide bonds. The normalized spacial score (nSPS) is 13.4. The van der Waals surface area contributed by atoms with Crippen LogP contribution in [0.5, 0.6) is 0 Å². The molecule has 2 unspecified atom stereocenters. The van der Waals surface area contributed by atoms with Crippen molar-refractivity contribution in [2.75, 3.05) is 0 Å². The van der Waals surface area contributed by atoms with Gasteiger partial charge in [-0.25, -0.2) is 9.18 Å². The Bertz CT molecular complexity index is 1150. The molecule has 0 spiro atoms. The zero-order valence-corrected chi connectivity index (χ0v) is 17.0. The van der Waals surface area contributed by atoms with E-state index in [2.05, 4.69) is 15.5 Å². The second-order valence-corrected chi connectivity index (χ2v) is 7.05. The summed E-state index contributed by atoms with van der Waals surface area (Å²) in [5.41, 5.74) is 8.04. The van der Waals surface area contributed by atoms with Crippen LogP contribution in [0.3, 0.4) is 0 Å². The molecular formula is C22H21FN4O5. The number of benzene rings is 2. The van der Waals surface area contributed by atoms with Crippen molar-refractivity contribution in [3.05, 3.63) is 71.7 Å². The number of aliphatic imine (C=N–C) groups is 1. The van der Waals surface area contributed by atoms with Crippen molar-refractivity contribution in [2.45, 2.75) is 25.3 Å². The molecule has 0 aliphatic heterocycles. The van der Waals surface area contributed by atoms with E-state index < -0.39 is 24.4 Å². The lowest BCUT2D eigenvalue weighted by Gasteiger charge is -2.12. The van der Waals surface area contributed by atoms with E-state index >= 15 is 0 Å². The maximum atomic E-state index is 14.7. The third-order valence-electron chi connectivity index (χ3n) is 4.77. The van der Waals surface area contributed by atoms with Gasteiger partial charge in [0.25, 0.3) is 5.88 Å². The summed E-state index contributed by atoms with van der Waals surface area (Å²) in [5.74, 6) is -3.74. The van der Waals surface area contributed by atoms with Crippen LogP contribution in [0.15, 0.2) is 64.1 Å². The molecule has 0 saturated carbocycles. The molecule has 0 radical (unpaired) electrons.